The molecule has 0 saturated carbocycles. The van der Waals surface area contributed by atoms with Crippen molar-refractivity contribution >= 4 is 41.0 Å². The molecule has 0 radical (unpaired) electrons. The van der Waals surface area contributed by atoms with E-state index in [1.165, 1.54) is 20.4 Å². The number of anilines is 3. The fourth-order valence-corrected chi connectivity index (χ4v) is 4.20. The number of halogens is 1. The number of esters is 1. The zero-order valence-electron chi connectivity index (χ0n) is 19.9. The number of carbonyl (C=O) groups excluding carboxylic acids is 1. The summed E-state index contributed by atoms with van der Waals surface area (Å²) in [6.07, 6.45) is 6.09. The lowest BCUT2D eigenvalue weighted by atomic mass is 10.1. The van der Waals surface area contributed by atoms with E-state index in [1.54, 1.807) is 22.9 Å². The predicted molar refractivity (Wildman–Crippen MR) is 136 cm³/mol. The fraction of sp³-hybridized carbons (Fsp3) is 0.320. The molecule has 0 bridgehead atoms. The molecule has 9 nitrogen and oxygen atoms in total. The van der Waals surface area contributed by atoms with E-state index >= 15 is 0 Å². The van der Waals surface area contributed by atoms with Gasteiger partial charge in [-0.2, -0.15) is 0 Å². The van der Waals surface area contributed by atoms with Gasteiger partial charge < -0.3 is 30.3 Å². The summed E-state index contributed by atoms with van der Waals surface area (Å²) < 4.78 is 17.6. The SMILES string of the molecule is COC(=O)c1ccc(-n2cc(C)c(Nc3ccc(NC4CCCCO4)c(C=N)c3Cl)n2)cc1OC. The molecule has 0 amide bonds. The highest BCUT2D eigenvalue weighted by Crippen LogP contribution is 2.34. The molecule has 1 saturated heterocycles. The van der Waals surface area contributed by atoms with E-state index in [2.05, 4.69) is 15.7 Å². The van der Waals surface area contributed by atoms with E-state index in [9.17, 15) is 4.79 Å². The van der Waals surface area contributed by atoms with Crippen LogP contribution in [-0.4, -0.2) is 49.0 Å². The number of aromatic nitrogens is 2. The van der Waals surface area contributed by atoms with Crippen molar-refractivity contribution in [3.05, 3.63) is 58.2 Å². The Morgan fingerprint density at radius 1 is 1.26 bits per heavy atom. The lowest BCUT2D eigenvalue weighted by Crippen LogP contribution is -2.27. The zero-order valence-corrected chi connectivity index (χ0v) is 20.6. The molecule has 3 N–H and O–H groups in total. The average Bonchev–Trinajstić information content (AvgIpc) is 3.25. The highest BCUT2D eigenvalue weighted by atomic mass is 35.5. The Morgan fingerprint density at radius 3 is 2.74 bits per heavy atom. The molecule has 2 aromatic carbocycles. The molecule has 2 heterocycles. The number of rotatable bonds is 8. The molecule has 184 valence electrons. The molecule has 1 aliphatic rings. The van der Waals surface area contributed by atoms with E-state index in [1.807, 2.05) is 25.3 Å². The molecule has 1 aliphatic heterocycles. The average molecular weight is 498 g/mol. The first-order valence-electron chi connectivity index (χ1n) is 11.3. The van der Waals surface area contributed by atoms with E-state index in [0.29, 0.717) is 39.1 Å². The Hall–Kier alpha value is -3.56. The quantitative estimate of drug-likeness (QED) is 0.285. The number of nitrogens with one attached hydrogen (secondary N) is 3. The first-order valence-corrected chi connectivity index (χ1v) is 11.6. The van der Waals surface area contributed by atoms with Crippen LogP contribution in [0.1, 0.15) is 40.7 Å². The summed E-state index contributed by atoms with van der Waals surface area (Å²) in [5.41, 5.74) is 3.88. The molecule has 1 aromatic heterocycles. The highest BCUT2D eigenvalue weighted by Gasteiger charge is 2.19. The third-order valence-electron chi connectivity index (χ3n) is 5.83. The van der Waals surface area contributed by atoms with Crippen LogP contribution in [0, 0.1) is 12.3 Å². The van der Waals surface area contributed by atoms with Crippen molar-refractivity contribution in [2.45, 2.75) is 32.4 Å². The van der Waals surface area contributed by atoms with Crippen molar-refractivity contribution in [2.75, 3.05) is 31.5 Å². The Balaban J connectivity index is 1.58. The number of ether oxygens (including phenoxy) is 3. The van der Waals surface area contributed by atoms with Gasteiger partial charge in [0.25, 0.3) is 0 Å². The molecule has 1 unspecified atom stereocenters. The Morgan fingerprint density at radius 2 is 2.06 bits per heavy atom. The summed E-state index contributed by atoms with van der Waals surface area (Å²) in [5.74, 6) is 0.521. The fourth-order valence-electron chi connectivity index (χ4n) is 3.93. The van der Waals surface area contributed by atoms with Gasteiger partial charge in [0.2, 0.25) is 0 Å². The molecule has 4 rings (SSSR count). The highest BCUT2D eigenvalue weighted by molar-refractivity contribution is 6.36. The van der Waals surface area contributed by atoms with Crippen molar-refractivity contribution in [3.63, 3.8) is 0 Å². The second-order valence-corrected chi connectivity index (χ2v) is 8.52. The van der Waals surface area contributed by atoms with Crippen molar-refractivity contribution < 1.29 is 19.0 Å². The van der Waals surface area contributed by atoms with Gasteiger partial charge in [-0.15, -0.1) is 5.10 Å². The molecule has 10 heteroatoms. The summed E-state index contributed by atoms with van der Waals surface area (Å²) in [6.45, 7) is 2.65. The van der Waals surface area contributed by atoms with Crippen LogP contribution in [0.15, 0.2) is 36.5 Å². The summed E-state index contributed by atoms with van der Waals surface area (Å²) in [4.78, 5) is 11.9. The molecular weight excluding hydrogens is 470 g/mol. The monoisotopic (exact) mass is 497 g/mol. The molecule has 1 atom stereocenters. The van der Waals surface area contributed by atoms with Crippen LogP contribution in [0.4, 0.5) is 17.2 Å². The van der Waals surface area contributed by atoms with Gasteiger partial charge in [-0.05, 0) is 50.5 Å². The number of nitrogens with zero attached hydrogens (tertiary/aromatic N) is 2. The molecule has 3 aromatic rings. The Kier molecular flexibility index (Phi) is 7.57. The maximum Gasteiger partial charge on any atom is 0.341 e. The number of benzene rings is 2. The van der Waals surface area contributed by atoms with Crippen LogP contribution in [0.2, 0.25) is 5.02 Å². The minimum absolute atomic E-state index is 0.0853. The van der Waals surface area contributed by atoms with Gasteiger partial charge >= 0.3 is 5.97 Å². The third-order valence-corrected chi connectivity index (χ3v) is 6.23. The van der Waals surface area contributed by atoms with Crippen LogP contribution in [-0.2, 0) is 9.47 Å². The van der Waals surface area contributed by atoms with E-state index in [4.69, 9.17) is 31.2 Å². The number of methoxy groups -OCH3 is 2. The largest absolute Gasteiger partial charge is 0.496 e. The van der Waals surface area contributed by atoms with Crippen LogP contribution >= 0.6 is 11.6 Å². The van der Waals surface area contributed by atoms with Crippen LogP contribution in [0.25, 0.3) is 5.69 Å². The number of carbonyl (C=O) groups is 1. The van der Waals surface area contributed by atoms with Crippen molar-refractivity contribution in [1.29, 1.82) is 5.41 Å². The van der Waals surface area contributed by atoms with Crippen LogP contribution < -0.4 is 15.4 Å². The standard InChI is InChI=1S/C25H28ClN5O4/c1-15-14-31(16-7-8-17(25(32)34-3)21(12-16)33-2)30-24(15)29-20-10-9-19(18(13-27)23(20)26)28-22-6-4-5-11-35-22/h7-10,12-14,22,27-28H,4-6,11H2,1-3H3,(H,29,30). The van der Waals surface area contributed by atoms with Crippen molar-refractivity contribution in [3.8, 4) is 11.4 Å². The third kappa shape index (κ3) is 5.26. The zero-order chi connectivity index (χ0) is 24.9. The van der Waals surface area contributed by atoms with Crippen LogP contribution in [0.3, 0.4) is 0 Å². The summed E-state index contributed by atoms with van der Waals surface area (Å²) >= 11 is 6.67. The second-order valence-electron chi connectivity index (χ2n) is 8.14. The van der Waals surface area contributed by atoms with Crippen molar-refractivity contribution in [2.24, 2.45) is 0 Å². The first-order chi connectivity index (χ1) is 16.9. The van der Waals surface area contributed by atoms with E-state index < -0.39 is 5.97 Å². The Labute approximate surface area is 208 Å². The van der Waals surface area contributed by atoms with E-state index in [0.717, 1.165) is 37.1 Å². The van der Waals surface area contributed by atoms with E-state index in [-0.39, 0.29) is 6.23 Å². The first kappa shape index (κ1) is 24.6. The van der Waals surface area contributed by atoms with Gasteiger partial charge in [-0.25, -0.2) is 9.48 Å². The van der Waals surface area contributed by atoms with Gasteiger partial charge in [0.05, 0.1) is 30.6 Å². The van der Waals surface area contributed by atoms with Gasteiger partial charge in [-0.3, -0.25) is 0 Å². The normalized spacial score (nSPS) is 15.4. The molecule has 0 spiro atoms. The molecule has 35 heavy (non-hydrogen) atoms. The predicted octanol–water partition coefficient (Wildman–Crippen LogP) is 5.31. The molecule has 1 fully saturated rings. The lowest BCUT2D eigenvalue weighted by molar-refractivity contribution is 0.0343. The molecule has 0 aliphatic carbocycles. The summed E-state index contributed by atoms with van der Waals surface area (Å²) in [6, 6.07) is 8.86. The van der Waals surface area contributed by atoms with Gasteiger partial charge in [0, 0.05) is 41.9 Å². The summed E-state index contributed by atoms with van der Waals surface area (Å²) in [5, 5.41) is 19.6. The van der Waals surface area contributed by atoms with Crippen molar-refractivity contribution in [1.82, 2.24) is 9.78 Å². The smallest absolute Gasteiger partial charge is 0.341 e. The molecular formula is C25H28ClN5O4. The second kappa shape index (κ2) is 10.8. The topological polar surface area (TPSA) is 110 Å². The minimum atomic E-state index is -0.475. The Bertz CT molecular complexity index is 1240. The van der Waals surface area contributed by atoms with Crippen LogP contribution in [0.5, 0.6) is 5.75 Å². The maximum absolute atomic E-state index is 11.9. The number of hydrogen-bond acceptors (Lipinski definition) is 8. The lowest BCUT2D eigenvalue weighted by Gasteiger charge is -2.25. The number of aryl methyl sites for hydroxylation is 1. The van der Waals surface area contributed by atoms with Gasteiger partial charge in [0.1, 0.15) is 17.5 Å². The van der Waals surface area contributed by atoms with Gasteiger partial charge in [0.15, 0.2) is 5.82 Å². The van der Waals surface area contributed by atoms with Gasteiger partial charge in [-0.1, -0.05) is 11.6 Å². The maximum atomic E-state index is 11.9. The minimum Gasteiger partial charge on any atom is -0.496 e. The summed E-state index contributed by atoms with van der Waals surface area (Å²) in [7, 11) is 2.82. The number of hydrogen-bond donors (Lipinski definition) is 3.